The van der Waals surface area contributed by atoms with Crippen LogP contribution in [0.4, 0.5) is 0 Å². The predicted molar refractivity (Wildman–Crippen MR) is 64.5 cm³/mol. The van der Waals surface area contributed by atoms with Crippen LogP contribution >= 0.6 is 0 Å². The van der Waals surface area contributed by atoms with Gasteiger partial charge < -0.3 is 10.5 Å². The molecular weight excluding hydrogens is 216 g/mol. The highest BCUT2D eigenvalue weighted by atomic mass is 16.5. The maximum Gasteiger partial charge on any atom is 0.0895 e. The fraction of sp³-hybridized carbons (Fsp3) is 0.750. The van der Waals surface area contributed by atoms with Crippen molar-refractivity contribution in [2.24, 2.45) is 12.8 Å². The van der Waals surface area contributed by atoms with Crippen LogP contribution in [-0.4, -0.2) is 46.5 Å². The highest BCUT2D eigenvalue weighted by Gasteiger charge is 2.41. The topological polar surface area (TPSA) is 56.3 Å². The number of aromatic nitrogens is 2. The van der Waals surface area contributed by atoms with Gasteiger partial charge in [0.1, 0.15) is 0 Å². The Balaban J connectivity index is 1.88. The van der Waals surface area contributed by atoms with Crippen LogP contribution in [0.15, 0.2) is 12.4 Å². The number of nitrogens with two attached hydrogens (primary N) is 1. The third-order valence-electron chi connectivity index (χ3n) is 3.71. The smallest absolute Gasteiger partial charge is 0.0895 e. The number of ether oxygens (including phenoxy) is 1. The van der Waals surface area contributed by atoms with E-state index in [9.17, 15) is 0 Å². The summed E-state index contributed by atoms with van der Waals surface area (Å²) in [7, 11) is 1.95. The molecule has 0 bridgehead atoms. The Morgan fingerprint density at radius 3 is 2.94 bits per heavy atom. The van der Waals surface area contributed by atoms with E-state index in [4.69, 9.17) is 10.5 Å². The molecule has 3 rings (SSSR count). The zero-order valence-corrected chi connectivity index (χ0v) is 10.2. The Morgan fingerprint density at radius 2 is 2.35 bits per heavy atom. The van der Waals surface area contributed by atoms with E-state index in [0.717, 1.165) is 19.2 Å². The summed E-state index contributed by atoms with van der Waals surface area (Å²) in [6.45, 7) is 2.39. The van der Waals surface area contributed by atoms with Crippen molar-refractivity contribution in [2.45, 2.75) is 31.0 Å². The van der Waals surface area contributed by atoms with E-state index in [1.165, 1.54) is 18.4 Å². The van der Waals surface area contributed by atoms with Gasteiger partial charge in [-0.05, 0) is 12.8 Å². The van der Waals surface area contributed by atoms with Gasteiger partial charge in [-0.2, -0.15) is 5.10 Å². The maximum absolute atomic E-state index is 5.84. The summed E-state index contributed by atoms with van der Waals surface area (Å²) in [5.41, 5.74) is 7.07. The Hall–Kier alpha value is -0.910. The van der Waals surface area contributed by atoms with Crippen LogP contribution in [0.2, 0.25) is 0 Å². The minimum atomic E-state index is 0.105. The molecule has 2 atom stereocenters. The zero-order chi connectivity index (χ0) is 11.8. The second-order valence-electron chi connectivity index (χ2n) is 5.01. The minimum Gasteiger partial charge on any atom is -0.374 e. The summed E-state index contributed by atoms with van der Waals surface area (Å²) in [5.74, 6) is 0. The van der Waals surface area contributed by atoms with Gasteiger partial charge in [-0.15, -0.1) is 0 Å². The fourth-order valence-electron chi connectivity index (χ4n) is 2.77. The molecule has 2 unspecified atom stereocenters. The van der Waals surface area contributed by atoms with Gasteiger partial charge in [0.2, 0.25) is 0 Å². The van der Waals surface area contributed by atoms with Gasteiger partial charge in [0.15, 0.2) is 0 Å². The number of aryl methyl sites for hydroxylation is 1. The van der Waals surface area contributed by atoms with E-state index >= 15 is 0 Å². The lowest BCUT2D eigenvalue weighted by Gasteiger charge is -2.40. The number of hydrogen-bond donors (Lipinski definition) is 1. The monoisotopic (exact) mass is 236 g/mol. The van der Waals surface area contributed by atoms with Gasteiger partial charge in [-0.1, -0.05) is 0 Å². The van der Waals surface area contributed by atoms with Crippen molar-refractivity contribution in [2.75, 3.05) is 19.7 Å². The van der Waals surface area contributed by atoms with Crippen LogP contribution in [0.25, 0.3) is 0 Å². The molecule has 1 aliphatic heterocycles. The maximum atomic E-state index is 5.84. The number of nitrogens with zero attached hydrogens (tertiary/aromatic N) is 3. The Labute approximate surface area is 102 Å². The van der Waals surface area contributed by atoms with Crippen LogP contribution in [0.3, 0.4) is 0 Å². The molecule has 5 heteroatoms. The van der Waals surface area contributed by atoms with Crippen molar-refractivity contribution >= 4 is 0 Å². The summed E-state index contributed by atoms with van der Waals surface area (Å²) >= 11 is 0. The molecule has 2 aliphatic rings. The average molecular weight is 236 g/mol. The first-order chi connectivity index (χ1) is 8.29. The van der Waals surface area contributed by atoms with Gasteiger partial charge in [0, 0.05) is 37.9 Å². The summed E-state index contributed by atoms with van der Waals surface area (Å²) < 4.78 is 7.66. The lowest BCUT2D eigenvalue weighted by atomic mass is 10.0. The zero-order valence-electron chi connectivity index (χ0n) is 10.2. The molecule has 17 heavy (non-hydrogen) atoms. The first-order valence-electron chi connectivity index (χ1n) is 6.35. The molecule has 2 N–H and O–H groups in total. The predicted octanol–water partition coefficient (Wildman–Crippen LogP) is 0.283. The largest absolute Gasteiger partial charge is 0.374 e. The van der Waals surface area contributed by atoms with Gasteiger partial charge in [0.05, 0.1) is 24.9 Å². The number of hydrogen-bond acceptors (Lipinski definition) is 4. The van der Waals surface area contributed by atoms with Gasteiger partial charge >= 0.3 is 0 Å². The van der Waals surface area contributed by atoms with Crippen LogP contribution < -0.4 is 5.73 Å². The van der Waals surface area contributed by atoms with Gasteiger partial charge in [-0.25, -0.2) is 0 Å². The SMILES string of the molecule is Cn1cc(C2C(CN)OCCN2C2CC2)cn1. The molecule has 0 radical (unpaired) electrons. The van der Waals surface area contributed by atoms with E-state index in [2.05, 4.69) is 16.2 Å². The number of rotatable bonds is 3. The van der Waals surface area contributed by atoms with E-state index in [1.54, 1.807) is 0 Å². The molecule has 0 aromatic carbocycles. The molecule has 5 nitrogen and oxygen atoms in total. The van der Waals surface area contributed by atoms with Crippen LogP contribution in [-0.2, 0) is 11.8 Å². The van der Waals surface area contributed by atoms with Gasteiger partial charge in [0.25, 0.3) is 0 Å². The lowest BCUT2D eigenvalue weighted by Crippen LogP contribution is -2.49. The molecule has 1 saturated carbocycles. The minimum absolute atomic E-state index is 0.105. The van der Waals surface area contributed by atoms with Crippen LogP contribution in [0.5, 0.6) is 0 Å². The molecule has 1 aromatic rings. The van der Waals surface area contributed by atoms with Crippen molar-refractivity contribution in [3.63, 3.8) is 0 Å². The van der Waals surface area contributed by atoms with E-state index in [0.29, 0.717) is 6.54 Å². The first-order valence-corrected chi connectivity index (χ1v) is 6.35. The van der Waals surface area contributed by atoms with Crippen LogP contribution in [0, 0.1) is 0 Å². The Bertz CT molecular complexity index is 388. The Morgan fingerprint density at radius 1 is 1.53 bits per heavy atom. The van der Waals surface area contributed by atoms with Crippen molar-refractivity contribution in [1.29, 1.82) is 0 Å². The summed E-state index contributed by atoms with van der Waals surface area (Å²) in [6, 6.07) is 1.02. The first kappa shape index (κ1) is 11.2. The van der Waals surface area contributed by atoms with E-state index in [1.807, 2.05) is 17.9 Å². The molecule has 1 saturated heterocycles. The van der Waals surface area contributed by atoms with Gasteiger partial charge in [-0.3, -0.25) is 9.58 Å². The summed E-state index contributed by atoms with van der Waals surface area (Å²) in [6.07, 6.45) is 6.75. The second kappa shape index (κ2) is 4.40. The molecule has 0 spiro atoms. The molecule has 2 fully saturated rings. The number of morpholine rings is 1. The molecule has 0 amide bonds. The highest BCUT2D eigenvalue weighted by molar-refractivity contribution is 5.15. The quantitative estimate of drug-likeness (QED) is 0.819. The lowest BCUT2D eigenvalue weighted by molar-refractivity contribution is -0.0712. The van der Waals surface area contributed by atoms with Crippen molar-refractivity contribution < 1.29 is 4.74 Å². The summed E-state index contributed by atoms with van der Waals surface area (Å²) in [5, 5.41) is 4.27. The fourth-order valence-corrected chi connectivity index (χ4v) is 2.77. The standard InChI is InChI=1S/C12H20N4O/c1-15-8-9(7-14-15)12-11(6-13)17-5-4-16(12)10-2-3-10/h7-8,10-12H,2-6,13H2,1H3. The van der Waals surface area contributed by atoms with Crippen molar-refractivity contribution in [3.8, 4) is 0 Å². The second-order valence-corrected chi connectivity index (χ2v) is 5.01. The van der Waals surface area contributed by atoms with Crippen LogP contribution in [0.1, 0.15) is 24.4 Å². The molecule has 2 heterocycles. The van der Waals surface area contributed by atoms with Crippen molar-refractivity contribution in [3.05, 3.63) is 18.0 Å². The third kappa shape index (κ3) is 2.10. The molecule has 94 valence electrons. The molecule has 1 aromatic heterocycles. The average Bonchev–Trinajstić information content (AvgIpc) is 3.11. The highest BCUT2D eigenvalue weighted by Crippen LogP contribution is 2.38. The molecule has 1 aliphatic carbocycles. The van der Waals surface area contributed by atoms with E-state index in [-0.39, 0.29) is 12.1 Å². The van der Waals surface area contributed by atoms with Crippen molar-refractivity contribution in [1.82, 2.24) is 14.7 Å². The Kier molecular flexibility index (Phi) is 2.90. The molecular formula is C12H20N4O. The normalized spacial score (nSPS) is 30.7. The summed E-state index contributed by atoms with van der Waals surface area (Å²) in [4.78, 5) is 2.55. The van der Waals surface area contributed by atoms with E-state index < -0.39 is 0 Å². The third-order valence-corrected chi connectivity index (χ3v) is 3.71.